The number of carbonyl (C=O) groups excluding carboxylic acids is 1. The molecule has 0 saturated heterocycles. The van der Waals surface area contributed by atoms with Gasteiger partial charge in [-0.25, -0.2) is 0 Å². The molecule has 1 amide bonds. The van der Waals surface area contributed by atoms with Gasteiger partial charge in [-0.15, -0.1) is 0 Å². The number of aromatic nitrogens is 2. The molecule has 3 aromatic carbocycles. The Morgan fingerprint density at radius 1 is 1.03 bits per heavy atom. The maximum atomic E-state index is 12.9. The number of anilines is 1. The fourth-order valence-electron chi connectivity index (χ4n) is 3.60. The van der Waals surface area contributed by atoms with E-state index in [0.717, 1.165) is 22.0 Å². The van der Waals surface area contributed by atoms with E-state index in [1.165, 1.54) is 5.56 Å². The Kier molecular flexibility index (Phi) is 5.30. The summed E-state index contributed by atoms with van der Waals surface area (Å²) < 4.78 is 0. The molecule has 1 heterocycles. The van der Waals surface area contributed by atoms with Crippen LogP contribution in [0, 0.1) is 6.92 Å². The van der Waals surface area contributed by atoms with Crippen molar-refractivity contribution in [2.24, 2.45) is 0 Å². The van der Waals surface area contributed by atoms with E-state index in [2.05, 4.69) is 34.6 Å². The largest absolute Gasteiger partial charge is 0.481 e. The van der Waals surface area contributed by atoms with Crippen LogP contribution in [0.25, 0.3) is 22.0 Å². The molecule has 0 aliphatic heterocycles. The summed E-state index contributed by atoms with van der Waals surface area (Å²) in [4.78, 5) is 24.2. The van der Waals surface area contributed by atoms with Crippen molar-refractivity contribution in [2.45, 2.75) is 19.3 Å². The van der Waals surface area contributed by atoms with E-state index in [4.69, 9.17) is 0 Å². The van der Waals surface area contributed by atoms with E-state index in [-0.39, 0.29) is 6.42 Å². The van der Waals surface area contributed by atoms with Crippen LogP contribution in [0.1, 0.15) is 23.5 Å². The molecule has 1 unspecified atom stereocenters. The van der Waals surface area contributed by atoms with E-state index in [1.54, 1.807) is 24.3 Å². The van der Waals surface area contributed by atoms with Gasteiger partial charge in [0.25, 0.3) is 0 Å². The average Bonchev–Trinajstić information content (AvgIpc) is 3.14. The number of nitrogens with zero attached hydrogens (tertiary/aromatic N) is 1. The molecule has 0 bridgehead atoms. The third-order valence-corrected chi connectivity index (χ3v) is 5.16. The topological polar surface area (TPSA) is 95.1 Å². The molecule has 6 nitrogen and oxygen atoms in total. The Morgan fingerprint density at radius 2 is 1.77 bits per heavy atom. The first-order valence-corrected chi connectivity index (χ1v) is 9.64. The molecule has 3 N–H and O–H groups in total. The van der Waals surface area contributed by atoms with Crippen molar-refractivity contribution in [1.29, 1.82) is 0 Å². The number of nitrogens with one attached hydrogen (secondary N) is 2. The Hall–Kier alpha value is -3.93. The van der Waals surface area contributed by atoms with Gasteiger partial charge in [0.2, 0.25) is 5.91 Å². The quantitative estimate of drug-likeness (QED) is 0.437. The van der Waals surface area contributed by atoms with E-state index in [0.29, 0.717) is 11.4 Å². The van der Waals surface area contributed by atoms with Gasteiger partial charge < -0.3 is 10.4 Å². The van der Waals surface area contributed by atoms with Crippen molar-refractivity contribution in [2.75, 3.05) is 5.32 Å². The fraction of sp³-hybridized carbons (Fsp3) is 0.125. The summed E-state index contributed by atoms with van der Waals surface area (Å²) in [5, 5.41) is 20.0. The number of amides is 1. The SMILES string of the molecule is Cc1ccccc1-c1ccc2c(NC(=O)C(CC(=O)O)c3ccccc3)n[nH]c2c1. The second-order valence-corrected chi connectivity index (χ2v) is 7.20. The number of fused-ring (bicyclic) bond motifs is 1. The molecular formula is C24H21N3O3. The van der Waals surface area contributed by atoms with E-state index >= 15 is 0 Å². The van der Waals surface area contributed by atoms with Crippen LogP contribution in [0.15, 0.2) is 72.8 Å². The van der Waals surface area contributed by atoms with Crippen LogP contribution in [-0.2, 0) is 9.59 Å². The summed E-state index contributed by atoms with van der Waals surface area (Å²) in [6.45, 7) is 2.06. The first kappa shape index (κ1) is 19.4. The standard InChI is InChI=1S/C24H21N3O3/c1-15-7-5-6-10-18(15)17-11-12-19-21(13-17)26-27-23(19)25-24(30)20(14-22(28)29)16-8-3-2-4-9-16/h2-13,20H,14H2,1H3,(H,28,29)(H2,25,26,27,30). The molecule has 0 fully saturated rings. The number of carboxylic acids is 1. The smallest absolute Gasteiger partial charge is 0.304 e. The number of rotatable bonds is 6. The van der Waals surface area contributed by atoms with Gasteiger partial charge in [0.05, 0.1) is 17.9 Å². The highest BCUT2D eigenvalue weighted by Gasteiger charge is 2.25. The number of aromatic amines is 1. The summed E-state index contributed by atoms with van der Waals surface area (Å²) in [5.74, 6) is -1.85. The Bertz CT molecular complexity index is 1210. The Morgan fingerprint density at radius 3 is 2.50 bits per heavy atom. The molecule has 30 heavy (non-hydrogen) atoms. The molecule has 0 saturated carbocycles. The van der Waals surface area contributed by atoms with Gasteiger partial charge in [-0.1, -0.05) is 60.7 Å². The molecule has 4 aromatic rings. The summed E-state index contributed by atoms with van der Waals surface area (Å²) in [6, 6.07) is 22.9. The summed E-state index contributed by atoms with van der Waals surface area (Å²) in [5.41, 5.74) is 4.80. The predicted molar refractivity (Wildman–Crippen MR) is 116 cm³/mol. The predicted octanol–water partition coefficient (Wildman–Crippen LogP) is 4.74. The van der Waals surface area contributed by atoms with Crippen LogP contribution in [0.2, 0.25) is 0 Å². The number of carboxylic acid groups (broad SMARTS) is 1. The number of aryl methyl sites for hydroxylation is 1. The van der Waals surface area contributed by atoms with Gasteiger partial charge in [-0.2, -0.15) is 5.10 Å². The molecule has 150 valence electrons. The first-order chi connectivity index (χ1) is 14.5. The third kappa shape index (κ3) is 3.93. The molecule has 0 aliphatic rings. The average molecular weight is 399 g/mol. The third-order valence-electron chi connectivity index (χ3n) is 5.16. The lowest BCUT2D eigenvalue weighted by atomic mass is 9.95. The normalized spacial score (nSPS) is 11.9. The van der Waals surface area contributed by atoms with Crippen LogP contribution in [0.4, 0.5) is 5.82 Å². The van der Waals surface area contributed by atoms with Crippen molar-refractivity contribution in [3.05, 3.63) is 83.9 Å². The number of hydrogen-bond acceptors (Lipinski definition) is 3. The van der Waals surface area contributed by atoms with Crippen LogP contribution < -0.4 is 5.32 Å². The molecule has 0 radical (unpaired) electrons. The molecule has 6 heteroatoms. The van der Waals surface area contributed by atoms with Crippen LogP contribution in [-0.4, -0.2) is 27.2 Å². The van der Waals surface area contributed by atoms with E-state index < -0.39 is 17.8 Å². The zero-order chi connectivity index (χ0) is 21.1. The molecular weight excluding hydrogens is 378 g/mol. The number of benzene rings is 3. The lowest BCUT2D eigenvalue weighted by Crippen LogP contribution is -2.23. The van der Waals surface area contributed by atoms with Crippen molar-refractivity contribution in [3.8, 4) is 11.1 Å². The van der Waals surface area contributed by atoms with Crippen molar-refractivity contribution < 1.29 is 14.7 Å². The number of H-pyrrole nitrogens is 1. The van der Waals surface area contributed by atoms with Crippen LogP contribution in [0.3, 0.4) is 0 Å². The molecule has 4 rings (SSSR count). The zero-order valence-corrected chi connectivity index (χ0v) is 16.4. The monoisotopic (exact) mass is 399 g/mol. The minimum atomic E-state index is -1.03. The van der Waals surface area contributed by atoms with Crippen molar-refractivity contribution >= 4 is 28.6 Å². The highest BCUT2D eigenvalue weighted by molar-refractivity contribution is 6.03. The molecule has 1 atom stereocenters. The molecule has 1 aromatic heterocycles. The van der Waals surface area contributed by atoms with Gasteiger partial charge in [0, 0.05) is 5.39 Å². The molecule has 0 aliphatic carbocycles. The van der Waals surface area contributed by atoms with Gasteiger partial charge in [-0.3, -0.25) is 14.7 Å². The maximum absolute atomic E-state index is 12.9. The van der Waals surface area contributed by atoms with Gasteiger partial charge >= 0.3 is 5.97 Å². The number of carbonyl (C=O) groups is 2. The van der Waals surface area contributed by atoms with Crippen LogP contribution in [0.5, 0.6) is 0 Å². The van der Waals surface area contributed by atoms with E-state index in [9.17, 15) is 14.7 Å². The van der Waals surface area contributed by atoms with Crippen molar-refractivity contribution in [1.82, 2.24) is 10.2 Å². The van der Waals surface area contributed by atoms with Gasteiger partial charge in [-0.05, 0) is 41.3 Å². The summed E-state index contributed by atoms with van der Waals surface area (Å²) >= 11 is 0. The molecule has 0 spiro atoms. The number of hydrogen-bond donors (Lipinski definition) is 3. The Balaban J connectivity index is 1.62. The first-order valence-electron chi connectivity index (χ1n) is 9.64. The summed E-state index contributed by atoms with van der Waals surface area (Å²) in [6.07, 6.45) is -0.296. The maximum Gasteiger partial charge on any atom is 0.304 e. The lowest BCUT2D eigenvalue weighted by molar-refractivity contribution is -0.139. The summed E-state index contributed by atoms with van der Waals surface area (Å²) in [7, 11) is 0. The van der Waals surface area contributed by atoms with Gasteiger partial charge in [0.1, 0.15) is 0 Å². The highest BCUT2D eigenvalue weighted by Crippen LogP contribution is 2.30. The lowest BCUT2D eigenvalue weighted by Gasteiger charge is -2.14. The number of aliphatic carboxylic acids is 1. The zero-order valence-electron chi connectivity index (χ0n) is 16.4. The highest BCUT2D eigenvalue weighted by atomic mass is 16.4. The minimum absolute atomic E-state index is 0.296. The van der Waals surface area contributed by atoms with Gasteiger partial charge in [0.15, 0.2) is 5.82 Å². The second kappa shape index (κ2) is 8.21. The second-order valence-electron chi connectivity index (χ2n) is 7.20. The fourth-order valence-corrected chi connectivity index (χ4v) is 3.60. The Labute approximate surface area is 173 Å². The van der Waals surface area contributed by atoms with Crippen LogP contribution >= 0.6 is 0 Å². The minimum Gasteiger partial charge on any atom is -0.481 e. The van der Waals surface area contributed by atoms with Crippen molar-refractivity contribution in [3.63, 3.8) is 0 Å². The van der Waals surface area contributed by atoms with E-state index in [1.807, 2.05) is 36.4 Å².